The second-order valence-corrected chi connectivity index (χ2v) is 11.9. The molecular formula is C27H32ClN3O3S. The van der Waals surface area contributed by atoms with Crippen LogP contribution in [-0.4, -0.2) is 43.7 Å². The summed E-state index contributed by atoms with van der Waals surface area (Å²) in [5.74, 6) is 2.23. The van der Waals surface area contributed by atoms with Gasteiger partial charge in [-0.05, 0) is 62.4 Å². The Hall–Kier alpha value is -2.61. The Morgan fingerprint density at radius 3 is 2.26 bits per heavy atom. The fourth-order valence-corrected chi connectivity index (χ4v) is 5.43. The van der Waals surface area contributed by atoms with E-state index >= 15 is 0 Å². The van der Waals surface area contributed by atoms with Gasteiger partial charge in [0.2, 0.25) is 0 Å². The number of hydrogen-bond acceptors (Lipinski definition) is 6. The molecule has 2 aromatic carbocycles. The minimum absolute atomic E-state index is 0.292. The molecule has 2 heterocycles. The van der Waals surface area contributed by atoms with Gasteiger partial charge in [0.25, 0.3) is 0 Å². The lowest BCUT2D eigenvalue weighted by Crippen LogP contribution is -2.38. The summed E-state index contributed by atoms with van der Waals surface area (Å²) in [6.45, 7) is 8.86. The SMILES string of the molecule is Cc1cc(C)c(Oc2cc(Cl)nc(NC3CCN(Cc4ccc(S(C)(=O)=O)cc4)CC3)c2)c(C)c1. The highest BCUT2D eigenvalue weighted by atomic mass is 35.5. The average molecular weight is 514 g/mol. The van der Waals surface area contributed by atoms with Crippen LogP contribution >= 0.6 is 11.6 Å². The molecule has 1 aliphatic rings. The molecule has 1 saturated heterocycles. The van der Waals surface area contributed by atoms with Crippen LogP contribution in [0.5, 0.6) is 11.5 Å². The van der Waals surface area contributed by atoms with Gasteiger partial charge in [-0.1, -0.05) is 41.4 Å². The number of anilines is 1. The summed E-state index contributed by atoms with van der Waals surface area (Å²) in [4.78, 5) is 7.20. The van der Waals surface area contributed by atoms with E-state index in [0.717, 1.165) is 54.9 Å². The number of aromatic nitrogens is 1. The van der Waals surface area contributed by atoms with E-state index in [1.54, 1.807) is 18.2 Å². The molecule has 35 heavy (non-hydrogen) atoms. The highest BCUT2D eigenvalue weighted by Crippen LogP contribution is 2.32. The van der Waals surface area contributed by atoms with Gasteiger partial charge in [-0.15, -0.1) is 0 Å². The molecule has 0 saturated carbocycles. The third kappa shape index (κ3) is 6.75. The molecular weight excluding hydrogens is 482 g/mol. The van der Waals surface area contributed by atoms with E-state index < -0.39 is 9.84 Å². The Labute approximate surface area is 213 Å². The van der Waals surface area contributed by atoms with Crippen molar-refractivity contribution >= 4 is 27.3 Å². The summed E-state index contributed by atoms with van der Waals surface area (Å²) in [5, 5.41) is 3.92. The monoisotopic (exact) mass is 513 g/mol. The maximum Gasteiger partial charge on any atom is 0.175 e. The number of aryl methyl sites for hydroxylation is 3. The minimum Gasteiger partial charge on any atom is -0.457 e. The normalized spacial score (nSPS) is 15.2. The van der Waals surface area contributed by atoms with Crippen molar-refractivity contribution in [3.8, 4) is 11.5 Å². The van der Waals surface area contributed by atoms with Crippen molar-refractivity contribution in [3.05, 3.63) is 75.9 Å². The number of piperidine rings is 1. The van der Waals surface area contributed by atoms with Crippen molar-refractivity contribution in [2.45, 2.75) is 51.1 Å². The average Bonchev–Trinajstić information content (AvgIpc) is 2.77. The quantitative estimate of drug-likeness (QED) is 0.395. The van der Waals surface area contributed by atoms with E-state index in [9.17, 15) is 8.42 Å². The van der Waals surface area contributed by atoms with Crippen LogP contribution in [0, 0.1) is 20.8 Å². The third-order valence-electron chi connectivity index (χ3n) is 6.29. The van der Waals surface area contributed by atoms with E-state index in [1.807, 2.05) is 32.0 Å². The number of benzene rings is 2. The fourth-order valence-electron chi connectivity index (χ4n) is 4.60. The van der Waals surface area contributed by atoms with Gasteiger partial charge >= 0.3 is 0 Å². The number of hydrogen-bond donors (Lipinski definition) is 1. The Bertz CT molecular complexity index is 1280. The topological polar surface area (TPSA) is 71.5 Å². The first-order chi connectivity index (χ1) is 16.6. The number of pyridine rings is 1. The van der Waals surface area contributed by atoms with E-state index in [4.69, 9.17) is 16.3 Å². The first kappa shape index (κ1) is 25.5. The Morgan fingerprint density at radius 1 is 1.03 bits per heavy atom. The fraction of sp³-hybridized carbons (Fsp3) is 0.370. The van der Waals surface area contributed by atoms with Crippen LogP contribution in [0.2, 0.25) is 5.15 Å². The molecule has 1 fully saturated rings. The predicted octanol–water partition coefficient (Wildman–Crippen LogP) is 5.93. The highest BCUT2D eigenvalue weighted by molar-refractivity contribution is 7.90. The molecule has 0 unspecified atom stereocenters. The van der Waals surface area contributed by atoms with Gasteiger partial charge < -0.3 is 10.1 Å². The predicted molar refractivity (Wildman–Crippen MR) is 141 cm³/mol. The molecule has 1 N–H and O–H groups in total. The summed E-state index contributed by atoms with van der Waals surface area (Å²) in [7, 11) is -3.17. The lowest BCUT2D eigenvalue weighted by atomic mass is 10.0. The van der Waals surface area contributed by atoms with Crippen molar-refractivity contribution in [2.75, 3.05) is 24.7 Å². The maximum absolute atomic E-state index is 11.7. The summed E-state index contributed by atoms with van der Waals surface area (Å²) in [6.07, 6.45) is 3.18. The van der Waals surface area contributed by atoms with Crippen molar-refractivity contribution < 1.29 is 13.2 Å². The molecule has 4 rings (SSSR count). The molecule has 0 radical (unpaired) electrons. The van der Waals surface area contributed by atoms with Crippen molar-refractivity contribution in [2.24, 2.45) is 0 Å². The van der Waals surface area contributed by atoms with E-state index in [-0.39, 0.29) is 0 Å². The van der Waals surface area contributed by atoms with Gasteiger partial charge in [0.05, 0.1) is 4.90 Å². The molecule has 3 aromatic rings. The first-order valence-electron chi connectivity index (χ1n) is 11.8. The molecule has 8 heteroatoms. The minimum atomic E-state index is -3.17. The summed E-state index contributed by atoms with van der Waals surface area (Å²) in [6, 6.07) is 15.3. The molecule has 1 aliphatic heterocycles. The molecule has 186 valence electrons. The molecule has 6 nitrogen and oxygen atoms in total. The van der Waals surface area contributed by atoms with Crippen LogP contribution in [-0.2, 0) is 16.4 Å². The molecule has 0 spiro atoms. The van der Waals surface area contributed by atoms with Crippen LogP contribution in [0.25, 0.3) is 0 Å². The number of ether oxygens (including phenoxy) is 1. The highest BCUT2D eigenvalue weighted by Gasteiger charge is 2.20. The molecule has 1 aromatic heterocycles. The number of nitrogens with zero attached hydrogens (tertiary/aromatic N) is 2. The maximum atomic E-state index is 11.7. The number of nitrogens with one attached hydrogen (secondary N) is 1. The van der Waals surface area contributed by atoms with Gasteiger partial charge in [-0.25, -0.2) is 13.4 Å². The zero-order chi connectivity index (χ0) is 25.2. The summed E-state index contributed by atoms with van der Waals surface area (Å²) in [5.41, 5.74) is 4.50. The summed E-state index contributed by atoms with van der Waals surface area (Å²) < 4.78 is 29.5. The number of sulfone groups is 1. The second kappa shape index (κ2) is 10.6. The zero-order valence-corrected chi connectivity index (χ0v) is 22.2. The van der Waals surface area contributed by atoms with Crippen molar-refractivity contribution in [1.82, 2.24) is 9.88 Å². The van der Waals surface area contributed by atoms with Gasteiger partial charge in [-0.3, -0.25) is 4.90 Å². The second-order valence-electron chi connectivity index (χ2n) is 9.45. The van der Waals surface area contributed by atoms with Gasteiger partial charge in [0.15, 0.2) is 9.84 Å². The Morgan fingerprint density at radius 2 is 1.66 bits per heavy atom. The van der Waals surface area contributed by atoms with Crippen molar-refractivity contribution in [3.63, 3.8) is 0 Å². The number of halogens is 1. The van der Waals surface area contributed by atoms with E-state index in [2.05, 4.69) is 34.3 Å². The Kier molecular flexibility index (Phi) is 7.69. The van der Waals surface area contributed by atoms with Gasteiger partial charge in [-0.2, -0.15) is 0 Å². The van der Waals surface area contributed by atoms with Crippen LogP contribution in [0.4, 0.5) is 5.82 Å². The lowest BCUT2D eigenvalue weighted by molar-refractivity contribution is 0.211. The first-order valence-corrected chi connectivity index (χ1v) is 14.0. The smallest absolute Gasteiger partial charge is 0.175 e. The summed E-state index contributed by atoms with van der Waals surface area (Å²) >= 11 is 6.31. The van der Waals surface area contributed by atoms with Crippen LogP contribution in [0.15, 0.2) is 53.4 Å². The van der Waals surface area contributed by atoms with Crippen LogP contribution in [0.3, 0.4) is 0 Å². The number of likely N-dealkylation sites (tertiary alicyclic amines) is 1. The molecule has 0 amide bonds. The zero-order valence-electron chi connectivity index (χ0n) is 20.6. The molecule has 0 bridgehead atoms. The van der Waals surface area contributed by atoms with E-state index in [0.29, 0.717) is 27.7 Å². The Balaban J connectivity index is 1.35. The van der Waals surface area contributed by atoms with Crippen LogP contribution < -0.4 is 10.1 Å². The van der Waals surface area contributed by atoms with E-state index in [1.165, 1.54) is 11.8 Å². The molecule has 0 atom stereocenters. The van der Waals surface area contributed by atoms with Crippen LogP contribution in [0.1, 0.15) is 35.1 Å². The third-order valence-corrected chi connectivity index (χ3v) is 7.61. The number of rotatable bonds is 7. The molecule has 0 aliphatic carbocycles. The van der Waals surface area contributed by atoms with Gasteiger partial charge in [0, 0.05) is 44.1 Å². The standard InChI is InChI=1S/C27H32ClN3O3S/c1-18-13-19(2)27(20(3)14-18)34-23-15-25(28)30-26(16-23)29-22-9-11-31(12-10-22)17-21-5-7-24(8-6-21)35(4,32)33/h5-8,13-16,22H,9-12,17H2,1-4H3,(H,29,30). The van der Waals surface area contributed by atoms with Gasteiger partial charge in [0.1, 0.15) is 22.5 Å². The largest absolute Gasteiger partial charge is 0.457 e. The lowest BCUT2D eigenvalue weighted by Gasteiger charge is -2.32. The van der Waals surface area contributed by atoms with Crippen molar-refractivity contribution in [1.29, 1.82) is 0 Å².